The molecule has 2 heterocycles. The Kier molecular flexibility index (Phi) is 2.66. The van der Waals surface area contributed by atoms with E-state index >= 15 is 0 Å². The van der Waals surface area contributed by atoms with Crippen LogP contribution in [0.5, 0.6) is 0 Å². The highest BCUT2D eigenvalue weighted by Crippen LogP contribution is 2.18. The molecule has 0 aliphatic rings. The summed E-state index contributed by atoms with van der Waals surface area (Å²) in [6.07, 6.45) is 0. The van der Waals surface area contributed by atoms with Gasteiger partial charge in [-0.15, -0.1) is 5.10 Å². The number of aryl methyl sites for hydroxylation is 1. The van der Waals surface area contributed by atoms with Crippen LogP contribution in [-0.4, -0.2) is 14.2 Å². The Labute approximate surface area is 92.9 Å². The molecule has 0 amide bonds. The van der Waals surface area contributed by atoms with Crippen molar-refractivity contribution in [1.29, 1.82) is 0 Å². The van der Waals surface area contributed by atoms with Crippen LogP contribution >= 0.6 is 34.5 Å². The number of hydrogen-bond donors (Lipinski definition) is 0. The van der Waals surface area contributed by atoms with Crippen molar-refractivity contribution in [2.75, 3.05) is 0 Å². The third-order valence-electron chi connectivity index (χ3n) is 1.79. The zero-order valence-corrected chi connectivity index (χ0v) is 9.62. The van der Waals surface area contributed by atoms with Gasteiger partial charge in [0.15, 0.2) is 0 Å². The first kappa shape index (κ1) is 9.82. The molecule has 0 saturated heterocycles. The van der Waals surface area contributed by atoms with E-state index in [2.05, 4.69) is 9.59 Å². The van der Waals surface area contributed by atoms with Gasteiger partial charge in [-0.25, -0.2) is 0 Å². The second kappa shape index (κ2) is 3.80. The summed E-state index contributed by atoms with van der Waals surface area (Å²) in [4.78, 5) is 11.4. The molecular weight excluding hydrogens is 242 g/mol. The predicted octanol–water partition coefficient (Wildman–Crippen LogP) is 1.77. The molecule has 0 radical (unpaired) electrons. The third kappa shape index (κ3) is 1.73. The molecule has 0 atom stereocenters. The van der Waals surface area contributed by atoms with Gasteiger partial charge in [-0.2, -0.15) is 0 Å². The minimum Gasteiger partial charge on any atom is -0.297 e. The standard InChI is InChI=1S/C7H6ClN3OS2/c1-4-3-13-7(12)11(4)2-5-6(8)14-10-9-5/h3H,2H2,1H3. The molecule has 2 rings (SSSR count). The summed E-state index contributed by atoms with van der Waals surface area (Å²) in [7, 11) is 0. The predicted molar refractivity (Wildman–Crippen MR) is 57.3 cm³/mol. The Bertz CT molecular complexity index is 501. The zero-order chi connectivity index (χ0) is 10.1. The maximum absolute atomic E-state index is 11.4. The minimum atomic E-state index is 0.00608. The summed E-state index contributed by atoms with van der Waals surface area (Å²) in [6.45, 7) is 2.29. The first-order valence-electron chi connectivity index (χ1n) is 3.80. The van der Waals surface area contributed by atoms with Crippen LogP contribution in [0.2, 0.25) is 4.34 Å². The third-order valence-corrected chi connectivity index (χ3v) is 3.66. The molecule has 74 valence electrons. The Balaban J connectivity index is 2.36. The molecule has 7 heteroatoms. The molecule has 0 aliphatic heterocycles. The molecule has 0 fully saturated rings. The maximum atomic E-state index is 11.4. The van der Waals surface area contributed by atoms with Gasteiger partial charge in [-0.1, -0.05) is 27.4 Å². The summed E-state index contributed by atoms with van der Waals surface area (Å²) in [6, 6.07) is 0. The van der Waals surface area contributed by atoms with Crippen LogP contribution in [0.4, 0.5) is 0 Å². The van der Waals surface area contributed by atoms with Crippen molar-refractivity contribution in [3.05, 3.63) is 30.8 Å². The number of rotatable bonds is 2. The molecule has 2 aromatic rings. The van der Waals surface area contributed by atoms with Crippen molar-refractivity contribution in [3.63, 3.8) is 0 Å². The van der Waals surface area contributed by atoms with E-state index in [0.29, 0.717) is 16.6 Å². The van der Waals surface area contributed by atoms with E-state index in [0.717, 1.165) is 17.2 Å². The lowest BCUT2D eigenvalue weighted by Gasteiger charge is -2.00. The second-order valence-corrected chi connectivity index (χ2v) is 4.90. The smallest absolute Gasteiger partial charge is 0.297 e. The molecule has 2 aromatic heterocycles. The Morgan fingerprint density at radius 2 is 2.43 bits per heavy atom. The molecule has 14 heavy (non-hydrogen) atoms. The van der Waals surface area contributed by atoms with Gasteiger partial charge >= 0.3 is 4.87 Å². The Morgan fingerprint density at radius 1 is 1.64 bits per heavy atom. The number of nitrogens with zero attached hydrogens (tertiary/aromatic N) is 3. The van der Waals surface area contributed by atoms with Crippen LogP contribution in [0.15, 0.2) is 10.2 Å². The molecule has 0 saturated carbocycles. The lowest BCUT2D eigenvalue weighted by atomic mass is 10.4. The number of halogens is 1. The second-order valence-electron chi connectivity index (χ2n) is 2.72. The Hall–Kier alpha value is -0.720. The van der Waals surface area contributed by atoms with E-state index in [1.165, 1.54) is 11.3 Å². The van der Waals surface area contributed by atoms with E-state index < -0.39 is 0 Å². The molecular formula is C7H6ClN3OS2. The van der Waals surface area contributed by atoms with Crippen molar-refractivity contribution in [2.45, 2.75) is 13.5 Å². The maximum Gasteiger partial charge on any atom is 0.307 e. The summed E-state index contributed by atoms with van der Waals surface area (Å²) in [5.74, 6) is 0. The lowest BCUT2D eigenvalue weighted by molar-refractivity contribution is 0.732. The molecule has 0 aromatic carbocycles. The SMILES string of the molecule is Cc1csc(=O)n1Cc1nnsc1Cl. The zero-order valence-electron chi connectivity index (χ0n) is 7.23. The normalized spacial score (nSPS) is 10.7. The van der Waals surface area contributed by atoms with Crippen molar-refractivity contribution in [1.82, 2.24) is 14.2 Å². The van der Waals surface area contributed by atoms with Crippen molar-refractivity contribution in [2.24, 2.45) is 0 Å². The fourth-order valence-electron chi connectivity index (χ4n) is 1.04. The average Bonchev–Trinajstić information content (AvgIpc) is 2.67. The van der Waals surface area contributed by atoms with Crippen molar-refractivity contribution in [3.8, 4) is 0 Å². The van der Waals surface area contributed by atoms with Crippen molar-refractivity contribution < 1.29 is 0 Å². The van der Waals surface area contributed by atoms with Gasteiger partial charge in [0.1, 0.15) is 10.0 Å². The summed E-state index contributed by atoms with van der Waals surface area (Å²) < 4.78 is 5.89. The quantitative estimate of drug-likeness (QED) is 0.813. The number of hydrogen-bond acceptors (Lipinski definition) is 5. The Morgan fingerprint density at radius 3 is 2.93 bits per heavy atom. The van der Waals surface area contributed by atoms with Gasteiger partial charge in [-0.3, -0.25) is 9.36 Å². The largest absolute Gasteiger partial charge is 0.307 e. The van der Waals surface area contributed by atoms with Gasteiger partial charge in [-0.05, 0) is 6.92 Å². The van der Waals surface area contributed by atoms with Crippen molar-refractivity contribution >= 4 is 34.5 Å². The van der Waals surface area contributed by atoms with Crippen LogP contribution in [-0.2, 0) is 6.54 Å². The van der Waals surface area contributed by atoms with E-state index in [1.54, 1.807) is 4.57 Å². The summed E-state index contributed by atoms with van der Waals surface area (Å²) >= 11 is 8.15. The van der Waals surface area contributed by atoms with Crippen LogP contribution in [0, 0.1) is 6.92 Å². The van der Waals surface area contributed by atoms with Gasteiger partial charge in [0.2, 0.25) is 0 Å². The minimum absolute atomic E-state index is 0.00608. The molecule has 0 bridgehead atoms. The first-order chi connectivity index (χ1) is 6.68. The monoisotopic (exact) mass is 247 g/mol. The highest BCUT2D eigenvalue weighted by atomic mass is 35.5. The van der Waals surface area contributed by atoms with Crippen LogP contribution in [0.1, 0.15) is 11.4 Å². The highest BCUT2D eigenvalue weighted by Gasteiger charge is 2.09. The molecule has 0 spiro atoms. The number of aromatic nitrogens is 3. The van der Waals surface area contributed by atoms with E-state index in [1.807, 2.05) is 12.3 Å². The van der Waals surface area contributed by atoms with Crippen LogP contribution in [0.25, 0.3) is 0 Å². The molecule has 0 aliphatic carbocycles. The molecule has 0 N–H and O–H groups in total. The van der Waals surface area contributed by atoms with Gasteiger partial charge < -0.3 is 0 Å². The van der Waals surface area contributed by atoms with E-state index in [9.17, 15) is 4.79 Å². The molecule has 0 unspecified atom stereocenters. The highest BCUT2D eigenvalue weighted by molar-refractivity contribution is 7.10. The molecule has 4 nitrogen and oxygen atoms in total. The van der Waals surface area contributed by atoms with Gasteiger partial charge in [0, 0.05) is 22.6 Å². The van der Waals surface area contributed by atoms with Gasteiger partial charge in [0.05, 0.1) is 6.54 Å². The fraction of sp³-hybridized carbons (Fsp3) is 0.286. The average molecular weight is 248 g/mol. The lowest BCUT2D eigenvalue weighted by Crippen LogP contribution is -2.15. The summed E-state index contributed by atoms with van der Waals surface area (Å²) in [5, 5.41) is 5.67. The summed E-state index contributed by atoms with van der Waals surface area (Å²) in [5.41, 5.74) is 1.57. The van der Waals surface area contributed by atoms with E-state index in [-0.39, 0.29) is 4.87 Å². The first-order valence-corrected chi connectivity index (χ1v) is 5.83. The number of thiazole rings is 1. The van der Waals surface area contributed by atoms with E-state index in [4.69, 9.17) is 11.6 Å². The van der Waals surface area contributed by atoms with Crippen LogP contribution in [0.3, 0.4) is 0 Å². The van der Waals surface area contributed by atoms with Gasteiger partial charge in [0.25, 0.3) is 0 Å². The fourth-order valence-corrected chi connectivity index (χ4v) is 2.38. The topological polar surface area (TPSA) is 47.8 Å². The van der Waals surface area contributed by atoms with Crippen LogP contribution < -0.4 is 4.87 Å².